The van der Waals surface area contributed by atoms with Crippen molar-refractivity contribution < 1.29 is 0 Å². The number of nitrogens with zero attached hydrogens (tertiary/aromatic N) is 2. The van der Waals surface area contributed by atoms with Crippen LogP contribution in [0.2, 0.25) is 5.15 Å². The summed E-state index contributed by atoms with van der Waals surface area (Å²) in [5.74, 6) is 1.05. The summed E-state index contributed by atoms with van der Waals surface area (Å²) in [6.45, 7) is 10.4. The van der Waals surface area contributed by atoms with Crippen molar-refractivity contribution in [3.8, 4) is 11.4 Å². The second kappa shape index (κ2) is 5.30. The Morgan fingerprint density at radius 1 is 1.05 bits per heavy atom. The molecule has 0 N–H and O–H groups in total. The molecule has 1 aromatic carbocycles. The first-order valence-corrected chi connectivity index (χ1v) is 6.89. The van der Waals surface area contributed by atoms with Gasteiger partial charge in [0.05, 0.1) is 0 Å². The minimum absolute atomic E-state index is 0.334. The Morgan fingerprint density at radius 3 is 2.26 bits per heavy atom. The molecule has 0 aliphatic carbocycles. The monoisotopic (exact) mass is 274 g/mol. The maximum Gasteiger partial charge on any atom is 0.161 e. The number of aryl methyl sites for hydroxylation is 3. The van der Waals surface area contributed by atoms with Crippen molar-refractivity contribution in [1.29, 1.82) is 0 Å². The summed E-state index contributed by atoms with van der Waals surface area (Å²) in [7, 11) is 0. The van der Waals surface area contributed by atoms with Crippen molar-refractivity contribution in [1.82, 2.24) is 9.97 Å². The molecule has 2 nitrogen and oxygen atoms in total. The van der Waals surface area contributed by atoms with Crippen LogP contribution in [0, 0.1) is 20.8 Å². The van der Waals surface area contributed by atoms with E-state index in [1.165, 1.54) is 11.1 Å². The number of benzene rings is 1. The van der Waals surface area contributed by atoms with Gasteiger partial charge in [-0.25, -0.2) is 9.97 Å². The molecule has 1 aromatic heterocycles. The van der Waals surface area contributed by atoms with Gasteiger partial charge in [0.2, 0.25) is 0 Å². The van der Waals surface area contributed by atoms with Crippen LogP contribution in [0.5, 0.6) is 0 Å². The smallest absolute Gasteiger partial charge is 0.161 e. The normalized spacial score (nSPS) is 11.1. The van der Waals surface area contributed by atoms with E-state index < -0.39 is 0 Å². The van der Waals surface area contributed by atoms with Gasteiger partial charge in [0.1, 0.15) is 5.15 Å². The molecule has 19 heavy (non-hydrogen) atoms. The van der Waals surface area contributed by atoms with E-state index >= 15 is 0 Å². The summed E-state index contributed by atoms with van der Waals surface area (Å²) in [5.41, 5.74) is 5.46. The summed E-state index contributed by atoms with van der Waals surface area (Å²) >= 11 is 6.31. The van der Waals surface area contributed by atoms with Gasteiger partial charge in [-0.2, -0.15) is 0 Å². The highest BCUT2D eigenvalue weighted by molar-refractivity contribution is 6.30. The predicted molar refractivity (Wildman–Crippen MR) is 80.8 cm³/mol. The molecular weight excluding hydrogens is 256 g/mol. The zero-order chi connectivity index (χ0) is 14.2. The van der Waals surface area contributed by atoms with Crippen molar-refractivity contribution in [2.75, 3.05) is 0 Å². The van der Waals surface area contributed by atoms with Crippen LogP contribution in [0.4, 0.5) is 0 Å². The number of hydrogen-bond acceptors (Lipinski definition) is 2. The third kappa shape index (κ3) is 2.79. The number of hydrogen-bond donors (Lipinski definition) is 0. The minimum atomic E-state index is 0.334. The van der Waals surface area contributed by atoms with E-state index in [4.69, 9.17) is 11.6 Å². The van der Waals surface area contributed by atoms with Crippen LogP contribution >= 0.6 is 11.6 Å². The highest BCUT2D eigenvalue weighted by atomic mass is 35.5. The fraction of sp³-hybridized carbons (Fsp3) is 0.375. The lowest BCUT2D eigenvalue weighted by Gasteiger charge is -2.13. The third-order valence-electron chi connectivity index (χ3n) is 3.29. The molecule has 0 aliphatic heterocycles. The van der Waals surface area contributed by atoms with Crippen LogP contribution < -0.4 is 0 Å². The van der Waals surface area contributed by atoms with E-state index in [1.54, 1.807) is 0 Å². The van der Waals surface area contributed by atoms with Crippen LogP contribution in [0.25, 0.3) is 11.4 Å². The van der Waals surface area contributed by atoms with Gasteiger partial charge in [-0.1, -0.05) is 49.2 Å². The van der Waals surface area contributed by atoms with Crippen LogP contribution in [0.1, 0.15) is 42.1 Å². The summed E-state index contributed by atoms with van der Waals surface area (Å²) in [6.07, 6.45) is 0. The van der Waals surface area contributed by atoms with Crippen molar-refractivity contribution in [2.45, 2.75) is 40.5 Å². The minimum Gasteiger partial charge on any atom is -0.233 e. The maximum absolute atomic E-state index is 6.31. The van der Waals surface area contributed by atoms with E-state index in [0.29, 0.717) is 16.9 Å². The molecule has 0 amide bonds. The average molecular weight is 275 g/mol. The summed E-state index contributed by atoms with van der Waals surface area (Å²) in [6, 6.07) is 6.27. The van der Waals surface area contributed by atoms with Gasteiger partial charge in [-0.05, 0) is 32.3 Å². The quantitative estimate of drug-likeness (QED) is 0.732. The van der Waals surface area contributed by atoms with Crippen LogP contribution in [0.15, 0.2) is 18.2 Å². The lowest BCUT2D eigenvalue weighted by molar-refractivity contribution is 0.831. The van der Waals surface area contributed by atoms with E-state index in [-0.39, 0.29) is 0 Å². The van der Waals surface area contributed by atoms with Crippen molar-refractivity contribution in [3.05, 3.63) is 45.7 Å². The topological polar surface area (TPSA) is 25.8 Å². The molecule has 100 valence electrons. The first kappa shape index (κ1) is 14.0. The largest absolute Gasteiger partial charge is 0.233 e. The van der Waals surface area contributed by atoms with Crippen LogP contribution in [-0.2, 0) is 0 Å². The molecule has 0 saturated carbocycles. The van der Waals surface area contributed by atoms with Gasteiger partial charge in [0.15, 0.2) is 5.82 Å². The van der Waals surface area contributed by atoms with Crippen LogP contribution in [-0.4, -0.2) is 9.97 Å². The molecule has 0 bridgehead atoms. The standard InChI is InChI=1S/C16H19ClN2/c1-9(2)14-12(5)18-16(19-15(14)17)13-7-6-10(3)8-11(13)4/h6-9H,1-5H3. The van der Waals surface area contributed by atoms with Gasteiger partial charge in [0.25, 0.3) is 0 Å². The Bertz CT molecular complexity index is 595. The van der Waals surface area contributed by atoms with E-state index in [1.807, 2.05) is 6.92 Å². The van der Waals surface area contributed by atoms with E-state index in [9.17, 15) is 0 Å². The predicted octanol–water partition coefficient (Wildman–Crippen LogP) is 4.85. The Kier molecular flexibility index (Phi) is 3.91. The Morgan fingerprint density at radius 2 is 1.74 bits per heavy atom. The summed E-state index contributed by atoms with van der Waals surface area (Å²) in [4.78, 5) is 9.09. The third-order valence-corrected chi connectivity index (χ3v) is 3.58. The molecule has 0 aliphatic rings. The van der Waals surface area contributed by atoms with Gasteiger partial charge >= 0.3 is 0 Å². The van der Waals surface area contributed by atoms with E-state index in [2.05, 4.69) is 55.9 Å². The second-order valence-electron chi connectivity index (χ2n) is 5.31. The molecule has 0 unspecified atom stereocenters. The zero-order valence-corrected chi connectivity index (χ0v) is 12.8. The molecule has 0 fully saturated rings. The van der Waals surface area contributed by atoms with Crippen LogP contribution in [0.3, 0.4) is 0 Å². The van der Waals surface area contributed by atoms with Gasteiger partial charge in [-0.3, -0.25) is 0 Å². The molecule has 1 heterocycles. The Labute approximate surface area is 119 Å². The fourth-order valence-electron chi connectivity index (χ4n) is 2.39. The van der Waals surface area contributed by atoms with Crippen molar-refractivity contribution >= 4 is 11.6 Å². The summed E-state index contributed by atoms with van der Waals surface area (Å²) < 4.78 is 0. The fourth-order valence-corrected chi connectivity index (χ4v) is 2.82. The molecule has 0 atom stereocenters. The highest BCUT2D eigenvalue weighted by Crippen LogP contribution is 2.29. The Balaban J connectivity index is 2.58. The van der Waals surface area contributed by atoms with Gasteiger partial charge in [0, 0.05) is 16.8 Å². The zero-order valence-electron chi connectivity index (χ0n) is 12.1. The Hall–Kier alpha value is -1.41. The molecule has 0 saturated heterocycles. The molecule has 3 heteroatoms. The van der Waals surface area contributed by atoms with Gasteiger partial charge < -0.3 is 0 Å². The summed E-state index contributed by atoms with van der Waals surface area (Å²) in [5, 5.41) is 0.567. The molecule has 2 aromatic rings. The lowest BCUT2D eigenvalue weighted by Crippen LogP contribution is -2.02. The SMILES string of the molecule is Cc1ccc(-c2nc(C)c(C(C)C)c(Cl)n2)c(C)c1. The van der Waals surface area contributed by atoms with Crippen molar-refractivity contribution in [3.63, 3.8) is 0 Å². The number of rotatable bonds is 2. The first-order chi connectivity index (χ1) is 8.90. The van der Waals surface area contributed by atoms with Crippen molar-refractivity contribution in [2.24, 2.45) is 0 Å². The van der Waals surface area contributed by atoms with Gasteiger partial charge in [-0.15, -0.1) is 0 Å². The average Bonchev–Trinajstić information content (AvgIpc) is 2.26. The molecular formula is C16H19ClN2. The molecule has 0 spiro atoms. The number of halogens is 1. The number of aromatic nitrogens is 2. The molecule has 2 rings (SSSR count). The maximum atomic E-state index is 6.31. The van der Waals surface area contributed by atoms with E-state index in [0.717, 1.165) is 16.8 Å². The molecule has 0 radical (unpaired) electrons. The second-order valence-corrected chi connectivity index (χ2v) is 5.67. The first-order valence-electron chi connectivity index (χ1n) is 6.51. The lowest BCUT2D eigenvalue weighted by atomic mass is 10.0. The highest BCUT2D eigenvalue weighted by Gasteiger charge is 2.15.